The fourth-order valence-corrected chi connectivity index (χ4v) is 5.31. The molecule has 1 aliphatic heterocycles. The van der Waals surface area contributed by atoms with Gasteiger partial charge < -0.3 is 29.0 Å². The highest BCUT2D eigenvalue weighted by Gasteiger charge is 2.58. The third-order valence-electron chi connectivity index (χ3n) is 7.02. The lowest BCUT2D eigenvalue weighted by Gasteiger charge is -2.44. The van der Waals surface area contributed by atoms with Crippen molar-refractivity contribution in [2.75, 3.05) is 7.11 Å². The highest BCUT2D eigenvalue weighted by Crippen LogP contribution is 2.36. The van der Waals surface area contributed by atoms with Gasteiger partial charge in [-0.15, -0.1) is 5.43 Å². The quantitative estimate of drug-likeness (QED) is 0.0754. The second-order valence-electron chi connectivity index (χ2n) is 16.5. The highest BCUT2D eigenvalue weighted by molar-refractivity contribution is 5.84. The molecule has 5 atom stereocenters. The number of hydrogen-bond donors (Lipinski definition) is 3. The van der Waals surface area contributed by atoms with E-state index in [-0.39, 0.29) is 6.42 Å². The molecule has 1 fully saturated rings. The van der Waals surface area contributed by atoms with Gasteiger partial charge in [0.05, 0.1) is 17.7 Å². The number of hydrogen-bond acceptors (Lipinski definition) is 10. The van der Waals surface area contributed by atoms with Gasteiger partial charge in [-0.2, -0.15) is 4.79 Å². The number of hydrazine groups is 1. The minimum atomic E-state index is -1.18. The molecule has 0 aromatic heterocycles. The van der Waals surface area contributed by atoms with E-state index in [0.717, 1.165) is 11.0 Å². The first-order chi connectivity index (χ1) is 22.0. The number of rotatable bonds is 9. The zero-order valence-corrected chi connectivity index (χ0v) is 32.5. The second kappa shape index (κ2) is 16.4. The van der Waals surface area contributed by atoms with E-state index in [1.165, 1.54) is 18.9 Å². The van der Waals surface area contributed by atoms with Crippen molar-refractivity contribution < 1.29 is 52.3 Å². The van der Waals surface area contributed by atoms with Gasteiger partial charge in [0.25, 0.3) is 6.34 Å². The number of ether oxygens (including phenoxy) is 5. The number of amides is 4. The summed E-state index contributed by atoms with van der Waals surface area (Å²) in [5.74, 6) is -1.10. The molecule has 282 valence electrons. The lowest BCUT2D eigenvalue weighted by Crippen LogP contribution is -2.66. The summed E-state index contributed by atoms with van der Waals surface area (Å²) in [6.45, 7) is 25.3. The SMILES string of the molecule is CCC[C@](C)(OC)[C@H](NC(C)=O)[C@H]1[C@H](NC=[N+](NC(=O)OC(C)(C)C)C(=O)OC(C)(C)C)C[C@H](C(=O)OC(C)(C)C)N1C(=O)OC(C)(C)C. The van der Waals surface area contributed by atoms with Crippen LogP contribution in [0.25, 0.3) is 0 Å². The van der Waals surface area contributed by atoms with Crippen molar-refractivity contribution in [1.82, 2.24) is 21.0 Å². The average molecular weight is 701 g/mol. The van der Waals surface area contributed by atoms with Crippen LogP contribution in [0.1, 0.15) is 123 Å². The summed E-state index contributed by atoms with van der Waals surface area (Å²) < 4.78 is 29.3. The van der Waals surface area contributed by atoms with E-state index in [2.05, 4.69) is 16.1 Å². The Bertz CT molecular complexity index is 1230. The molecule has 0 saturated carbocycles. The number of nitrogens with one attached hydrogen (secondary N) is 3. The molecule has 1 rings (SSSR count). The van der Waals surface area contributed by atoms with Crippen molar-refractivity contribution in [1.29, 1.82) is 0 Å². The minimum Gasteiger partial charge on any atom is -0.458 e. The van der Waals surface area contributed by atoms with E-state index in [9.17, 15) is 24.0 Å². The molecular weight excluding hydrogens is 638 g/mol. The van der Waals surface area contributed by atoms with Crippen LogP contribution in [-0.2, 0) is 33.3 Å². The van der Waals surface area contributed by atoms with Gasteiger partial charge in [-0.25, -0.2) is 14.4 Å². The molecule has 0 spiro atoms. The summed E-state index contributed by atoms with van der Waals surface area (Å²) in [5, 5.41) is 6.09. The summed E-state index contributed by atoms with van der Waals surface area (Å²) >= 11 is 0. The Morgan fingerprint density at radius 3 is 1.76 bits per heavy atom. The van der Waals surface area contributed by atoms with Gasteiger partial charge in [0.15, 0.2) is 0 Å². The molecule has 4 amide bonds. The topological polar surface area (TPSA) is 174 Å². The van der Waals surface area contributed by atoms with Crippen LogP contribution in [0.3, 0.4) is 0 Å². The van der Waals surface area contributed by atoms with E-state index >= 15 is 0 Å². The summed E-state index contributed by atoms with van der Waals surface area (Å²) in [7, 11) is 1.51. The van der Waals surface area contributed by atoms with Crippen molar-refractivity contribution in [3.8, 4) is 0 Å². The zero-order chi connectivity index (χ0) is 38.3. The molecule has 15 heteroatoms. The maximum absolute atomic E-state index is 14.1. The number of nitrogens with zero attached hydrogens (tertiary/aromatic N) is 2. The Morgan fingerprint density at radius 1 is 0.816 bits per heavy atom. The smallest absolute Gasteiger partial charge is 0.458 e. The van der Waals surface area contributed by atoms with E-state index in [4.69, 9.17) is 23.7 Å². The van der Waals surface area contributed by atoms with Crippen molar-refractivity contribution in [3.05, 3.63) is 0 Å². The predicted octanol–water partition coefficient (Wildman–Crippen LogP) is 4.79. The molecule has 0 unspecified atom stereocenters. The summed E-state index contributed by atoms with van der Waals surface area (Å²) in [5.41, 5.74) is -2.32. The Labute approximate surface area is 292 Å². The van der Waals surface area contributed by atoms with Crippen LogP contribution in [0.2, 0.25) is 0 Å². The van der Waals surface area contributed by atoms with Crippen LogP contribution < -0.4 is 16.1 Å². The van der Waals surface area contributed by atoms with Gasteiger partial charge in [-0.1, -0.05) is 18.0 Å². The van der Waals surface area contributed by atoms with Gasteiger partial charge in [0, 0.05) is 20.5 Å². The number of likely N-dealkylation sites (tertiary alicyclic amines) is 1. The average Bonchev–Trinajstić information content (AvgIpc) is 3.25. The van der Waals surface area contributed by atoms with E-state index in [0.29, 0.717) is 12.8 Å². The normalized spacial score (nSPS) is 20.8. The zero-order valence-electron chi connectivity index (χ0n) is 32.5. The molecule has 1 saturated heterocycles. The van der Waals surface area contributed by atoms with Crippen LogP contribution >= 0.6 is 0 Å². The molecule has 15 nitrogen and oxygen atoms in total. The maximum atomic E-state index is 14.1. The summed E-state index contributed by atoms with van der Waals surface area (Å²) in [6.07, 6.45) is -0.456. The Hall–Kier alpha value is -3.62. The van der Waals surface area contributed by atoms with Gasteiger partial charge in [-0.05, 0) is 96.4 Å². The molecule has 0 aromatic carbocycles. The molecule has 0 aromatic rings. The Morgan fingerprint density at radius 2 is 1.33 bits per heavy atom. The lowest BCUT2D eigenvalue weighted by molar-refractivity contribution is -0.497. The number of methoxy groups -OCH3 is 1. The first kappa shape index (κ1) is 43.4. The van der Waals surface area contributed by atoms with Gasteiger partial charge >= 0.3 is 24.2 Å². The van der Waals surface area contributed by atoms with E-state index < -0.39 is 82.3 Å². The molecule has 3 N–H and O–H groups in total. The monoisotopic (exact) mass is 700 g/mol. The van der Waals surface area contributed by atoms with Crippen LogP contribution in [-0.4, -0.2) is 105 Å². The third kappa shape index (κ3) is 14.4. The van der Waals surface area contributed by atoms with Gasteiger partial charge in [0.2, 0.25) is 5.91 Å². The van der Waals surface area contributed by atoms with Gasteiger partial charge in [-0.3, -0.25) is 15.0 Å². The van der Waals surface area contributed by atoms with Crippen LogP contribution in [0.4, 0.5) is 14.4 Å². The number of carbonyl (C=O) groups is 5. The first-order valence-corrected chi connectivity index (χ1v) is 16.7. The summed E-state index contributed by atoms with van der Waals surface area (Å²) in [6, 6.07) is -3.95. The number of carbonyl (C=O) groups excluding carboxylic acids is 5. The Kier molecular flexibility index (Phi) is 14.5. The minimum absolute atomic E-state index is 0.0358. The summed E-state index contributed by atoms with van der Waals surface area (Å²) in [4.78, 5) is 68.0. The highest BCUT2D eigenvalue weighted by atomic mass is 16.6. The fraction of sp³-hybridized carbons (Fsp3) is 0.824. The first-order valence-electron chi connectivity index (χ1n) is 16.7. The fourth-order valence-electron chi connectivity index (χ4n) is 5.31. The molecule has 0 bridgehead atoms. The van der Waals surface area contributed by atoms with Gasteiger partial charge in [0.1, 0.15) is 34.5 Å². The largest absolute Gasteiger partial charge is 0.531 e. The maximum Gasteiger partial charge on any atom is 0.531 e. The lowest BCUT2D eigenvalue weighted by atomic mass is 9.83. The molecule has 1 heterocycles. The standard InChI is InChI=1S/C34H61N5O10/c1-17-18-34(15,45-16)25(36-21(2)40)24-22(19-23(26(41)46-30(3,4)5)39(24)29(44)49-33(12,13)14)35-20-38(28(43)48-32(9,10)11)37-27(42)47-31(6,7)8/h20,22-25H,17-19H2,1-16H3,(H2,36,37,40,42)/p+1/t22-,23-,24-,25-,34+/m1/s1. The van der Waals surface area contributed by atoms with Crippen molar-refractivity contribution in [3.63, 3.8) is 0 Å². The van der Waals surface area contributed by atoms with Crippen LogP contribution in [0.15, 0.2) is 0 Å². The van der Waals surface area contributed by atoms with Crippen LogP contribution in [0, 0.1) is 0 Å². The predicted molar refractivity (Wildman–Crippen MR) is 183 cm³/mol. The number of esters is 1. The molecule has 0 aliphatic carbocycles. The molecule has 0 radical (unpaired) electrons. The number of hydrazone groups is 1. The Balaban J connectivity index is 4.02. The van der Waals surface area contributed by atoms with E-state index in [1.807, 2.05) is 13.8 Å². The molecule has 49 heavy (non-hydrogen) atoms. The second-order valence-corrected chi connectivity index (χ2v) is 16.5. The van der Waals surface area contributed by atoms with Crippen LogP contribution in [0.5, 0.6) is 0 Å². The van der Waals surface area contributed by atoms with Crippen molar-refractivity contribution in [2.24, 2.45) is 0 Å². The molecule has 1 aliphatic rings. The van der Waals surface area contributed by atoms with Crippen molar-refractivity contribution >= 4 is 36.5 Å². The van der Waals surface area contributed by atoms with E-state index in [1.54, 1.807) is 83.1 Å². The van der Waals surface area contributed by atoms with Crippen molar-refractivity contribution in [2.45, 2.75) is 175 Å². The molecular formula is C34H62N5O10+. The third-order valence-corrected chi connectivity index (χ3v) is 7.02.